The summed E-state index contributed by atoms with van der Waals surface area (Å²) in [5, 5.41) is 10.5. The zero-order valence-electron chi connectivity index (χ0n) is 10.8. The smallest absolute Gasteiger partial charge is 0.0962 e. The third kappa shape index (κ3) is 3.45. The van der Waals surface area contributed by atoms with E-state index in [1.54, 1.807) is 11.3 Å². The van der Waals surface area contributed by atoms with Crippen molar-refractivity contribution in [3.8, 4) is 0 Å². The minimum absolute atomic E-state index is 0.0588. The molecule has 3 N–H and O–H groups in total. The Morgan fingerprint density at radius 2 is 1.89 bits per heavy atom. The molecule has 0 amide bonds. The van der Waals surface area contributed by atoms with Gasteiger partial charge in [-0.25, -0.2) is 0 Å². The van der Waals surface area contributed by atoms with Crippen molar-refractivity contribution in [2.24, 2.45) is 5.73 Å². The van der Waals surface area contributed by atoms with E-state index in [0.717, 1.165) is 21.3 Å². The van der Waals surface area contributed by atoms with E-state index in [4.69, 9.17) is 5.73 Å². The van der Waals surface area contributed by atoms with Gasteiger partial charge >= 0.3 is 0 Å². The summed E-state index contributed by atoms with van der Waals surface area (Å²) in [5.41, 5.74) is 6.93. The molecule has 0 saturated carbocycles. The van der Waals surface area contributed by atoms with Crippen LogP contribution in [0.25, 0.3) is 0 Å². The lowest BCUT2D eigenvalue weighted by Crippen LogP contribution is -2.19. The second-order valence-electron chi connectivity index (χ2n) is 4.50. The molecule has 102 valence electrons. The first-order chi connectivity index (χ1) is 9.15. The summed E-state index contributed by atoms with van der Waals surface area (Å²) in [5.74, 6) is -0.0588. The predicted molar refractivity (Wildman–Crippen MR) is 84.6 cm³/mol. The number of halogens is 1. The summed E-state index contributed by atoms with van der Waals surface area (Å²) < 4.78 is 1.03. The molecule has 1 heterocycles. The van der Waals surface area contributed by atoms with Crippen molar-refractivity contribution in [2.45, 2.75) is 25.4 Å². The van der Waals surface area contributed by atoms with Gasteiger partial charge in [0.05, 0.1) is 6.10 Å². The van der Waals surface area contributed by atoms with Crippen LogP contribution in [0.1, 0.15) is 34.3 Å². The molecule has 2 nitrogen and oxygen atoms in total. The van der Waals surface area contributed by atoms with E-state index in [1.807, 2.05) is 30.3 Å². The third-order valence-corrected chi connectivity index (χ3v) is 5.08. The second-order valence-corrected chi connectivity index (χ2v) is 6.61. The monoisotopic (exact) mass is 339 g/mol. The molecule has 0 aliphatic heterocycles. The molecular weight excluding hydrogens is 322 g/mol. The Balaban J connectivity index is 2.23. The lowest BCUT2D eigenvalue weighted by molar-refractivity contribution is 0.151. The molecule has 0 aliphatic rings. The van der Waals surface area contributed by atoms with Crippen molar-refractivity contribution in [3.63, 3.8) is 0 Å². The van der Waals surface area contributed by atoms with Gasteiger partial charge in [-0.05, 0) is 36.2 Å². The molecular formula is C15H18BrNOS. The van der Waals surface area contributed by atoms with Gasteiger partial charge in [0.2, 0.25) is 0 Å². The zero-order valence-corrected chi connectivity index (χ0v) is 13.2. The van der Waals surface area contributed by atoms with E-state index < -0.39 is 6.10 Å². The van der Waals surface area contributed by atoms with E-state index >= 15 is 0 Å². The van der Waals surface area contributed by atoms with Crippen molar-refractivity contribution >= 4 is 27.3 Å². The Morgan fingerprint density at radius 1 is 1.21 bits per heavy atom. The first kappa shape index (κ1) is 14.7. The summed E-state index contributed by atoms with van der Waals surface area (Å²) in [6, 6.07) is 12.1. The Kier molecular flexibility index (Phi) is 5.16. The van der Waals surface area contributed by atoms with Crippen LogP contribution >= 0.6 is 27.3 Å². The fraction of sp³-hybridized carbons (Fsp3) is 0.333. The molecule has 0 saturated heterocycles. The van der Waals surface area contributed by atoms with Crippen molar-refractivity contribution in [2.75, 3.05) is 6.54 Å². The van der Waals surface area contributed by atoms with E-state index in [2.05, 4.69) is 28.9 Å². The average Bonchev–Trinajstić information content (AvgIpc) is 2.90. The maximum Gasteiger partial charge on any atom is 0.0962 e. The maximum atomic E-state index is 10.5. The lowest BCUT2D eigenvalue weighted by atomic mass is 9.92. The molecule has 2 aromatic rings. The molecule has 4 heteroatoms. The average molecular weight is 340 g/mol. The van der Waals surface area contributed by atoms with Gasteiger partial charge in [0.15, 0.2) is 0 Å². The zero-order chi connectivity index (χ0) is 13.8. The molecule has 19 heavy (non-hydrogen) atoms. The van der Waals surface area contributed by atoms with Crippen LogP contribution < -0.4 is 5.73 Å². The van der Waals surface area contributed by atoms with E-state index in [-0.39, 0.29) is 5.92 Å². The second kappa shape index (κ2) is 6.66. The minimum Gasteiger partial charge on any atom is -0.387 e. The van der Waals surface area contributed by atoms with Gasteiger partial charge in [0, 0.05) is 26.7 Å². The highest BCUT2D eigenvalue weighted by Crippen LogP contribution is 2.34. The SMILES string of the molecule is CCc1ccc(C(O)C(CN)c2ccc(Br)cc2)s1. The van der Waals surface area contributed by atoms with Crippen LogP contribution in [0.15, 0.2) is 40.9 Å². The maximum absolute atomic E-state index is 10.5. The molecule has 0 aliphatic carbocycles. The minimum atomic E-state index is -0.531. The Bertz CT molecular complexity index is 523. The van der Waals surface area contributed by atoms with E-state index in [1.165, 1.54) is 4.88 Å². The fourth-order valence-corrected chi connectivity index (χ4v) is 3.37. The lowest BCUT2D eigenvalue weighted by Gasteiger charge is -2.21. The van der Waals surface area contributed by atoms with Gasteiger partial charge in [0.25, 0.3) is 0 Å². The van der Waals surface area contributed by atoms with Crippen molar-refractivity contribution < 1.29 is 5.11 Å². The molecule has 0 spiro atoms. The van der Waals surface area contributed by atoms with Crippen LogP contribution in [0, 0.1) is 0 Å². The number of rotatable bonds is 5. The van der Waals surface area contributed by atoms with Gasteiger partial charge in [-0.15, -0.1) is 11.3 Å². The topological polar surface area (TPSA) is 46.2 Å². The summed E-state index contributed by atoms with van der Waals surface area (Å²) in [7, 11) is 0. The Morgan fingerprint density at radius 3 is 2.42 bits per heavy atom. The quantitative estimate of drug-likeness (QED) is 0.868. The molecule has 0 radical (unpaired) electrons. The van der Waals surface area contributed by atoms with Gasteiger partial charge in [-0.1, -0.05) is 35.0 Å². The van der Waals surface area contributed by atoms with Gasteiger partial charge in [-0.3, -0.25) is 0 Å². The molecule has 0 bridgehead atoms. The number of aliphatic hydroxyl groups excluding tert-OH is 1. The Hall–Kier alpha value is -0.680. The number of hydrogen-bond acceptors (Lipinski definition) is 3. The fourth-order valence-electron chi connectivity index (χ4n) is 2.10. The van der Waals surface area contributed by atoms with Gasteiger partial charge < -0.3 is 10.8 Å². The predicted octanol–water partition coefficient (Wildman–Crippen LogP) is 3.85. The Labute approximate surface area is 126 Å². The summed E-state index contributed by atoms with van der Waals surface area (Å²) in [6.07, 6.45) is 0.472. The van der Waals surface area contributed by atoms with Crippen LogP contribution in [0.3, 0.4) is 0 Å². The molecule has 2 rings (SSSR count). The van der Waals surface area contributed by atoms with Gasteiger partial charge in [0.1, 0.15) is 0 Å². The number of aliphatic hydroxyl groups is 1. The number of nitrogens with two attached hydrogens (primary N) is 1. The van der Waals surface area contributed by atoms with Crippen LogP contribution in [0.4, 0.5) is 0 Å². The van der Waals surface area contributed by atoms with Crippen molar-refractivity contribution in [3.05, 3.63) is 56.2 Å². The van der Waals surface area contributed by atoms with Gasteiger partial charge in [-0.2, -0.15) is 0 Å². The van der Waals surface area contributed by atoms with E-state index in [9.17, 15) is 5.11 Å². The number of benzene rings is 1. The molecule has 1 aromatic carbocycles. The van der Waals surface area contributed by atoms with Crippen LogP contribution in [0.2, 0.25) is 0 Å². The van der Waals surface area contributed by atoms with Crippen LogP contribution in [0.5, 0.6) is 0 Å². The summed E-state index contributed by atoms with van der Waals surface area (Å²) >= 11 is 5.09. The first-order valence-corrected chi connectivity index (χ1v) is 7.98. The largest absolute Gasteiger partial charge is 0.387 e. The van der Waals surface area contributed by atoms with E-state index in [0.29, 0.717) is 6.54 Å². The van der Waals surface area contributed by atoms with Crippen molar-refractivity contribution in [1.82, 2.24) is 0 Å². The van der Waals surface area contributed by atoms with Crippen LogP contribution in [-0.2, 0) is 6.42 Å². The van der Waals surface area contributed by atoms with Crippen LogP contribution in [-0.4, -0.2) is 11.7 Å². The normalized spacial score (nSPS) is 14.3. The number of hydrogen-bond donors (Lipinski definition) is 2. The van der Waals surface area contributed by atoms with Crippen molar-refractivity contribution in [1.29, 1.82) is 0 Å². The summed E-state index contributed by atoms with van der Waals surface area (Å²) in [4.78, 5) is 2.29. The highest BCUT2D eigenvalue weighted by atomic mass is 79.9. The third-order valence-electron chi connectivity index (χ3n) is 3.26. The molecule has 2 unspecified atom stereocenters. The first-order valence-electron chi connectivity index (χ1n) is 6.38. The number of aryl methyl sites for hydroxylation is 1. The molecule has 0 fully saturated rings. The highest BCUT2D eigenvalue weighted by Gasteiger charge is 2.22. The number of thiophene rings is 1. The highest BCUT2D eigenvalue weighted by molar-refractivity contribution is 9.10. The molecule has 2 atom stereocenters. The summed E-state index contributed by atoms with van der Waals surface area (Å²) in [6.45, 7) is 2.55. The standard InChI is InChI=1S/C15H18BrNOS/c1-2-12-7-8-14(19-12)15(18)13(9-17)10-3-5-11(16)6-4-10/h3-8,13,15,18H,2,9,17H2,1H3. The molecule has 1 aromatic heterocycles.